The quantitative estimate of drug-likeness (QED) is 0.911. The summed E-state index contributed by atoms with van der Waals surface area (Å²) in [5.74, 6) is 0.406. The first-order valence-corrected chi connectivity index (χ1v) is 8.92. The fraction of sp³-hybridized carbons (Fsp3) is 0.474. The van der Waals surface area contributed by atoms with Crippen molar-refractivity contribution in [3.8, 4) is 0 Å². The Morgan fingerprint density at radius 2 is 2.04 bits per heavy atom. The molecule has 2 aromatic rings. The van der Waals surface area contributed by atoms with Crippen molar-refractivity contribution >= 4 is 11.8 Å². The highest BCUT2D eigenvalue weighted by Crippen LogP contribution is 2.26. The van der Waals surface area contributed by atoms with Gasteiger partial charge >= 0.3 is 0 Å². The van der Waals surface area contributed by atoms with Crippen LogP contribution in [0.4, 0.5) is 0 Å². The average molecular weight is 355 g/mol. The summed E-state index contributed by atoms with van der Waals surface area (Å²) in [5, 5.41) is 7.04. The number of carbonyl (C=O) groups excluding carboxylic acids is 2. The molecule has 0 saturated carbocycles. The molecule has 26 heavy (non-hydrogen) atoms. The van der Waals surface area contributed by atoms with Gasteiger partial charge in [-0.25, -0.2) is 0 Å². The summed E-state index contributed by atoms with van der Waals surface area (Å²) in [6.45, 7) is 5.54. The number of H-pyrrole nitrogens is 1. The minimum Gasteiger partial charge on any atom is -0.343 e. The molecule has 7 nitrogen and oxygen atoms in total. The molecule has 2 aromatic heterocycles. The van der Waals surface area contributed by atoms with E-state index >= 15 is 0 Å². The number of aromatic nitrogens is 3. The number of nitrogens with zero attached hydrogens (tertiary/aromatic N) is 4. The van der Waals surface area contributed by atoms with Gasteiger partial charge in [-0.15, -0.1) is 0 Å². The van der Waals surface area contributed by atoms with Crippen LogP contribution in [0.5, 0.6) is 0 Å². The van der Waals surface area contributed by atoms with Gasteiger partial charge in [0.1, 0.15) is 0 Å². The minimum absolute atomic E-state index is 0.0731. The fourth-order valence-electron chi connectivity index (χ4n) is 3.35. The number of likely N-dealkylation sites (tertiary alicyclic amines) is 1. The zero-order valence-corrected chi connectivity index (χ0v) is 15.5. The second kappa shape index (κ2) is 7.68. The van der Waals surface area contributed by atoms with Crippen LogP contribution in [-0.2, 0) is 11.3 Å². The molecule has 1 saturated heterocycles. The van der Waals surface area contributed by atoms with Crippen molar-refractivity contribution in [1.29, 1.82) is 0 Å². The molecule has 0 aromatic carbocycles. The highest BCUT2D eigenvalue weighted by Gasteiger charge is 2.23. The van der Waals surface area contributed by atoms with Gasteiger partial charge in [0.25, 0.3) is 5.91 Å². The number of aryl methyl sites for hydroxylation is 1. The lowest BCUT2D eigenvalue weighted by molar-refractivity contribution is -0.129. The lowest BCUT2D eigenvalue weighted by atomic mass is 9.93. The van der Waals surface area contributed by atoms with E-state index in [1.165, 1.54) is 0 Å². The topological polar surface area (TPSA) is 82.2 Å². The molecule has 2 amide bonds. The number of rotatable bonds is 4. The molecule has 7 heteroatoms. The molecule has 1 aliphatic heterocycles. The number of carbonyl (C=O) groups is 2. The predicted molar refractivity (Wildman–Crippen MR) is 97.6 cm³/mol. The number of hydrogen-bond donors (Lipinski definition) is 1. The van der Waals surface area contributed by atoms with E-state index in [1.54, 1.807) is 25.1 Å². The Labute approximate surface area is 153 Å². The first-order valence-electron chi connectivity index (χ1n) is 8.92. The molecule has 1 fully saturated rings. The second-order valence-electron chi connectivity index (χ2n) is 6.96. The lowest BCUT2D eigenvalue weighted by Crippen LogP contribution is -2.36. The molecular weight excluding hydrogens is 330 g/mol. The summed E-state index contributed by atoms with van der Waals surface area (Å²) in [4.78, 5) is 32.0. The molecule has 0 bridgehead atoms. The average Bonchev–Trinajstić information content (AvgIpc) is 3.06. The lowest BCUT2D eigenvalue weighted by Gasteiger charge is -2.31. The van der Waals surface area contributed by atoms with E-state index in [0.29, 0.717) is 18.0 Å². The highest BCUT2D eigenvalue weighted by molar-refractivity contribution is 5.93. The van der Waals surface area contributed by atoms with E-state index in [9.17, 15) is 9.59 Å². The van der Waals surface area contributed by atoms with Crippen molar-refractivity contribution in [3.63, 3.8) is 0 Å². The molecule has 0 spiro atoms. The number of aromatic amines is 1. The Balaban J connectivity index is 1.60. The Bertz CT molecular complexity index is 775. The Hall–Kier alpha value is -2.70. The van der Waals surface area contributed by atoms with Crippen LogP contribution in [0.15, 0.2) is 24.4 Å². The fourth-order valence-corrected chi connectivity index (χ4v) is 3.35. The molecule has 138 valence electrons. The normalized spacial score (nSPS) is 15.1. The Kier molecular flexibility index (Phi) is 5.35. The molecule has 0 unspecified atom stereocenters. The molecule has 1 aliphatic rings. The summed E-state index contributed by atoms with van der Waals surface area (Å²) in [5.41, 5.74) is 3.38. The van der Waals surface area contributed by atoms with Crippen molar-refractivity contribution in [2.24, 2.45) is 0 Å². The number of hydrogen-bond acceptors (Lipinski definition) is 4. The van der Waals surface area contributed by atoms with Crippen LogP contribution in [0.1, 0.15) is 53.1 Å². The smallest absolute Gasteiger partial charge is 0.255 e. The zero-order chi connectivity index (χ0) is 18.7. The van der Waals surface area contributed by atoms with E-state index in [4.69, 9.17) is 0 Å². The monoisotopic (exact) mass is 355 g/mol. The molecule has 0 aliphatic carbocycles. The number of pyridine rings is 1. The number of nitrogens with one attached hydrogen (secondary N) is 1. The van der Waals surface area contributed by atoms with Crippen molar-refractivity contribution in [2.75, 3.05) is 20.1 Å². The maximum atomic E-state index is 12.6. The SMILES string of the molecule is CC(=O)N1CCC(c2ccc(C(=O)N(C)Cc3cc(C)[nH]n3)cn2)CC1. The van der Waals surface area contributed by atoms with Crippen LogP contribution < -0.4 is 0 Å². The van der Waals surface area contributed by atoms with Crippen molar-refractivity contribution < 1.29 is 9.59 Å². The van der Waals surface area contributed by atoms with Crippen molar-refractivity contribution in [1.82, 2.24) is 25.0 Å². The van der Waals surface area contributed by atoms with E-state index in [1.807, 2.05) is 30.0 Å². The third-order valence-electron chi connectivity index (χ3n) is 4.90. The third-order valence-corrected chi connectivity index (χ3v) is 4.90. The summed E-state index contributed by atoms with van der Waals surface area (Å²) in [7, 11) is 1.76. The first-order chi connectivity index (χ1) is 12.4. The van der Waals surface area contributed by atoms with Crippen LogP contribution in [-0.4, -0.2) is 56.9 Å². The number of piperidine rings is 1. The maximum absolute atomic E-state index is 12.6. The van der Waals surface area contributed by atoms with Gasteiger partial charge in [0.2, 0.25) is 5.91 Å². The van der Waals surface area contributed by atoms with Gasteiger partial charge in [-0.1, -0.05) is 0 Å². The van der Waals surface area contributed by atoms with Gasteiger partial charge in [0.05, 0.1) is 17.8 Å². The molecule has 1 N–H and O–H groups in total. The van der Waals surface area contributed by atoms with E-state index in [0.717, 1.165) is 43.0 Å². The largest absolute Gasteiger partial charge is 0.343 e. The minimum atomic E-state index is -0.0731. The third kappa shape index (κ3) is 4.09. The van der Waals surface area contributed by atoms with Crippen LogP contribution in [0, 0.1) is 6.92 Å². The summed E-state index contributed by atoms with van der Waals surface area (Å²) >= 11 is 0. The standard InChI is InChI=1S/C19H25N5O2/c1-13-10-17(22-21-13)12-23(3)19(26)16-4-5-18(20-11-16)15-6-8-24(9-7-15)14(2)25/h4-5,10-11,15H,6-9,12H2,1-3H3,(H,21,22). The summed E-state index contributed by atoms with van der Waals surface area (Å²) in [6.07, 6.45) is 3.48. The maximum Gasteiger partial charge on any atom is 0.255 e. The van der Waals surface area contributed by atoms with E-state index in [-0.39, 0.29) is 11.8 Å². The van der Waals surface area contributed by atoms with Gasteiger partial charge in [0, 0.05) is 50.6 Å². The van der Waals surface area contributed by atoms with Crippen molar-refractivity contribution in [3.05, 3.63) is 47.0 Å². The van der Waals surface area contributed by atoms with Gasteiger partial charge in [-0.2, -0.15) is 5.10 Å². The summed E-state index contributed by atoms with van der Waals surface area (Å²) in [6, 6.07) is 5.71. The molecule has 3 heterocycles. The second-order valence-corrected chi connectivity index (χ2v) is 6.96. The van der Waals surface area contributed by atoms with Crippen molar-refractivity contribution in [2.45, 2.75) is 39.2 Å². The Morgan fingerprint density at radius 1 is 1.31 bits per heavy atom. The van der Waals surface area contributed by atoms with Gasteiger partial charge in [-0.05, 0) is 38.0 Å². The highest BCUT2D eigenvalue weighted by atomic mass is 16.2. The predicted octanol–water partition coefficient (Wildman–Crippen LogP) is 2.11. The summed E-state index contributed by atoms with van der Waals surface area (Å²) < 4.78 is 0. The molecule has 0 radical (unpaired) electrons. The number of amides is 2. The van der Waals surface area contributed by atoms with Gasteiger partial charge in [0.15, 0.2) is 0 Å². The molecular formula is C19H25N5O2. The zero-order valence-electron chi connectivity index (χ0n) is 15.5. The van der Waals surface area contributed by atoms with Crippen LogP contribution in [0.3, 0.4) is 0 Å². The Morgan fingerprint density at radius 3 is 2.58 bits per heavy atom. The van der Waals surface area contributed by atoms with E-state index < -0.39 is 0 Å². The van der Waals surface area contributed by atoms with Crippen LogP contribution in [0.25, 0.3) is 0 Å². The molecule has 3 rings (SSSR count). The van der Waals surface area contributed by atoms with E-state index in [2.05, 4.69) is 15.2 Å². The van der Waals surface area contributed by atoms with Gasteiger partial charge < -0.3 is 9.80 Å². The first kappa shape index (κ1) is 18.1. The van der Waals surface area contributed by atoms with Crippen LogP contribution in [0.2, 0.25) is 0 Å². The molecule has 0 atom stereocenters. The van der Waals surface area contributed by atoms with Crippen LogP contribution >= 0.6 is 0 Å². The van der Waals surface area contributed by atoms with Gasteiger partial charge in [-0.3, -0.25) is 19.7 Å².